The summed E-state index contributed by atoms with van der Waals surface area (Å²) in [5.41, 5.74) is 2.69. The summed E-state index contributed by atoms with van der Waals surface area (Å²) in [6.07, 6.45) is 4.01. The maximum atomic E-state index is 3.48. The van der Waals surface area contributed by atoms with Gasteiger partial charge in [-0.3, -0.25) is 0 Å². The Balaban J connectivity index is 1.93. The molecule has 1 aromatic carbocycles. The van der Waals surface area contributed by atoms with Crippen LogP contribution in [-0.2, 0) is 0 Å². The van der Waals surface area contributed by atoms with Gasteiger partial charge in [-0.1, -0.05) is 12.1 Å². The first-order chi connectivity index (χ1) is 8.25. The third kappa shape index (κ3) is 3.74. The predicted octanol–water partition coefficient (Wildman–Crippen LogP) is 2.82. The van der Waals surface area contributed by atoms with Gasteiger partial charge in [0.1, 0.15) is 0 Å². The molecule has 1 fully saturated rings. The Morgan fingerprint density at radius 2 is 2.18 bits per heavy atom. The van der Waals surface area contributed by atoms with Gasteiger partial charge in [0.25, 0.3) is 0 Å². The molecule has 1 atom stereocenters. The molecule has 1 unspecified atom stereocenters. The third-order valence-electron chi connectivity index (χ3n) is 3.67. The van der Waals surface area contributed by atoms with Crippen molar-refractivity contribution >= 4 is 5.69 Å². The Kier molecular flexibility index (Phi) is 4.43. The zero-order valence-electron chi connectivity index (χ0n) is 11.1. The van der Waals surface area contributed by atoms with E-state index in [2.05, 4.69) is 48.5 Å². The standard InChI is InChI=1S/C15H24N2/c1-13-5-3-7-15(11-13)17(2)12-14-6-4-9-16-10-8-14/h3,5,7,11,14,16H,4,6,8-10,12H2,1-2H3. The molecule has 1 saturated heterocycles. The van der Waals surface area contributed by atoms with Crippen molar-refractivity contribution in [2.75, 3.05) is 31.6 Å². The van der Waals surface area contributed by atoms with Crippen LogP contribution in [0.5, 0.6) is 0 Å². The molecule has 2 heteroatoms. The molecule has 0 aliphatic carbocycles. The molecule has 0 amide bonds. The molecule has 17 heavy (non-hydrogen) atoms. The van der Waals surface area contributed by atoms with Gasteiger partial charge in [0.2, 0.25) is 0 Å². The summed E-state index contributed by atoms with van der Waals surface area (Å²) >= 11 is 0. The molecule has 94 valence electrons. The maximum Gasteiger partial charge on any atom is 0.0366 e. The third-order valence-corrected chi connectivity index (χ3v) is 3.67. The number of hydrogen-bond donors (Lipinski definition) is 1. The minimum absolute atomic E-state index is 0.843. The Labute approximate surface area is 105 Å². The van der Waals surface area contributed by atoms with Crippen LogP contribution < -0.4 is 10.2 Å². The highest BCUT2D eigenvalue weighted by molar-refractivity contribution is 5.47. The van der Waals surface area contributed by atoms with E-state index in [4.69, 9.17) is 0 Å². The lowest BCUT2D eigenvalue weighted by Gasteiger charge is -2.25. The lowest BCUT2D eigenvalue weighted by molar-refractivity contribution is 0.474. The fourth-order valence-electron chi connectivity index (χ4n) is 2.63. The lowest BCUT2D eigenvalue weighted by atomic mass is 10.00. The SMILES string of the molecule is Cc1cccc(N(C)CC2CCCNCC2)c1. The number of rotatable bonds is 3. The molecule has 0 radical (unpaired) electrons. The number of nitrogens with zero attached hydrogens (tertiary/aromatic N) is 1. The zero-order valence-corrected chi connectivity index (χ0v) is 11.1. The van der Waals surface area contributed by atoms with Crippen molar-refractivity contribution in [1.29, 1.82) is 0 Å². The van der Waals surface area contributed by atoms with Crippen LogP contribution >= 0.6 is 0 Å². The van der Waals surface area contributed by atoms with Crippen molar-refractivity contribution in [3.63, 3.8) is 0 Å². The summed E-state index contributed by atoms with van der Waals surface area (Å²) in [4.78, 5) is 2.41. The minimum atomic E-state index is 0.843. The van der Waals surface area contributed by atoms with Gasteiger partial charge in [0, 0.05) is 19.3 Å². The van der Waals surface area contributed by atoms with E-state index in [1.807, 2.05) is 0 Å². The monoisotopic (exact) mass is 232 g/mol. The predicted molar refractivity (Wildman–Crippen MR) is 74.7 cm³/mol. The van der Waals surface area contributed by atoms with Crippen molar-refractivity contribution in [2.45, 2.75) is 26.2 Å². The Morgan fingerprint density at radius 1 is 1.29 bits per heavy atom. The number of benzene rings is 1. The van der Waals surface area contributed by atoms with Crippen LogP contribution in [0, 0.1) is 12.8 Å². The first kappa shape index (κ1) is 12.4. The molecule has 0 aromatic heterocycles. The van der Waals surface area contributed by atoms with Gasteiger partial charge in [-0.15, -0.1) is 0 Å². The first-order valence-corrected chi connectivity index (χ1v) is 6.74. The minimum Gasteiger partial charge on any atom is -0.374 e. The number of aryl methyl sites for hydroxylation is 1. The van der Waals surface area contributed by atoms with Gasteiger partial charge in [-0.05, 0) is 62.9 Å². The van der Waals surface area contributed by atoms with Crippen molar-refractivity contribution in [3.8, 4) is 0 Å². The van der Waals surface area contributed by atoms with Crippen molar-refractivity contribution in [2.24, 2.45) is 5.92 Å². The van der Waals surface area contributed by atoms with E-state index in [0.29, 0.717) is 0 Å². The molecule has 0 bridgehead atoms. The summed E-state index contributed by atoms with van der Waals surface area (Å²) in [6, 6.07) is 8.79. The van der Waals surface area contributed by atoms with Gasteiger partial charge in [0.15, 0.2) is 0 Å². The molecule has 2 rings (SSSR count). The maximum absolute atomic E-state index is 3.48. The van der Waals surface area contributed by atoms with E-state index in [1.165, 1.54) is 50.1 Å². The second-order valence-corrected chi connectivity index (χ2v) is 5.27. The Morgan fingerprint density at radius 3 is 3.00 bits per heavy atom. The molecular weight excluding hydrogens is 208 g/mol. The van der Waals surface area contributed by atoms with E-state index >= 15 is 0 Å². The van der Waals surface area contributed by atoms with E-state index in [1.54, 1.807) is 0 Å². The summed E-state index contributed by atoms with van der Waals surface area (Å²) in [5.74, 6) is 0.843. The van der Waals surface area contributed by atoms with Crippen molar-refractivity contribution in [3.05, 3.63) is 29.8 Å². The van der Waals surface area contributed by atoms with Crippen LogP contribution in [0.3, 0.4) is 0 Å². The van der Waals surface area contributed by atoms with Crippen LogP contribution in [0.25, 0.3) is 0 Å². The quantitative estimate of drug-likeness (QED) is 0.862. The largest absolute Gasteiger partial charge is 0.374 e. The van der Waals surface area contributed by atoms with Crippen LogP contribution in [0.15, 0.2) is 24.3 Å². The number of anilines is 1. The van der Waals surface area contributed by atoms with E-state index in [-0.39, 0.29) is 0 Å². The van der Waals surface area contributed by atoms with Crippen LogP contribution in [-0.4, -0.2) is 26.7 Å². The molecule has 1 aliphatic rings. The van der Waals surface area contributed by atoms with Gasteiger partial charge in [-0.2, -0.15) is 0 Å². The smallest absolute Gasteiger partial charge is 0.0366 e. The Hall–Kier alpha value is -1.02. The molecule has 0 spiro atoms. The highest BCUT2D eigenvalue weighted by atomic mass is 15.1. The highest BCUT2D eigenvalue weighted by Gasteiger charge is 2.14. The molecule has 1 heterocycles. The van der Waals surface area contributed by atoms with Gasteiger partial charge >= 0.3 is 0 Å². The van der Waals surface area contributed by atoms with Gasteiger partial charge < -0.3 is 10.2 Å². The van der Waals surface area contributed by atoms with Crippen molar-refractivity contribution < 1.29 is 0 Å². The fraction of sp³-hybridized carbons (Fsp3) is 0.600. The number of nitrogens with one attached hydrogen (secondary N) is 1. The second kappa shape index (κ2) is 6.06. The van der Waals surface area contributed by atoms with E-state index < -0.39 is 0 Å². The molecule has 0 saturated carbocycles. The highest BCUT2D eigenvalue weighted by Crippen LogP contribution is 2.20. The zero-order chi connectivity index (χ0) is 12.1. The average Bonchev–Trinajstić information content (AvgIpc) is 2.57. The summed E-state index contributed by atoms with van der Waals surface area (Å²) in [7, 11) is 2.22. The summed E-state index contributed by atoms with van der Waals surface area (Å²) in [5, 5.41) is 3.48. The van der Waals surface area contributed by atoms with E-state index in [0.717, 1.165) is 5.92 Å². The second-order valence-electron chi connectivity index (χ2n) is 5.27. The molecule has 1 N–H and O–H groups in total. The Bertz CT molecular complexity index is 341. The average molecular weight is 232 g/mol. The van der Waals surface area contributed by atoms with Crippen LogP contribution in [0.1, 0.15) is 24.8 Å². The molecular formula is C15H24N2. The molecule has 2 nitrogen and oxygen atoms in total. The normalized spacial score (nSPS) is 20.9. The van der Waals surface area contributed by atoms with Gasteiger partial charge in [-0.25, -0.2) is 0 Å². The van der Waals surface area contributed by atoms with Gasteiger partial charge in [0.05, 0.1) is 0 Å². The summed E-state index contributed by atoms with van der Waals surface area (Å²) in [6.45, 7) is 5.73. The lowest BCUT2D eigenvalue weighted by Crippen LogP contribution is -2.26. The first-order valence-electron chi connectivity index (χ1n) is 6.74. The van der Waals surface area contributed by atoms with E-state index in [9.17, 15) is 0 Å². The fourth-order valence-corrected chi connectivity index (χ4v) is 2.63. The van der Waals surface area contributed by atoms with Crippen molar-refractivity contribution in [1.82, 2.24) is 5.32 Å². The van der Waals surface area contributed by atoms with Crippen LogP contribution in [0.4, 0.5) is 5.69 Å². The topological polar surface area (TPSA) is 15.3 Å². The van der Waals surface area contributed by atoms with Crippen LogP contribution in [0.2, 0.25) is 0 Å². The molecule has 1 aliphatic heterocycles. The number of hydrogen-bond acceptors (Lipinski definition) is 2. The summed E-state index contributed by atoms with van der Waals surface area (Å²) < 4.78 is 0. The molecule has 1 aromatic rings.